The van der Waals surface area contributed by atoms with Crippen LogP contribution in [0.4, 0.5) is 0 Å². The first kappa shape index (κ1) is 12.9. The van der Waals surface area contributed by atoms with Crippen molar-refractivity contribution < 1.29 is 14.3 Å². The summed E-state index contributed by atoms with van der Waals surface area (Å²) in [5.74, 6) is 1.28. The van der Waals surface area contributed by atoms with Gasteiger partial charge in [-0.1, -0.05) is 0 Å². The van der Waals surface area contributed by atoms with E-state index in [1.165, 1.54) is 12.8 Å². The van der Waals surface area contributed by atoms with Crippen molar-refractivity contribution in [2.45, 2.75) is 50.4 Å². The SMILES string of the molecule is O=C[C@H]1CC[C@H](C(=O)OC2CCCCS2)CC1. The summed E-state index contributed by atoms with van der Waals surface area (Å²) in [6.07, 6.45) is 7.77. The molecule has 1 unspecified atom stereocenters. The fourth-order valence-electron chi connectivity index (χ4n) is 2.52. The minimum absolute atomic E-state index is 0.0336. The zero-order valence-corrected chi connectivity index (χ0v) is 10.9. The molecule has 1 atom stereocenters. The maximum absolute atomic E-state index is 11.9. The molecule has 2 fully saturated rings. The summed E-state index contributed by atoms with van der Waals surface area (Å²) < 4.78 is 5.54. The van der Waals surface area contributed by atoms with E-state index in [0.29, 0.717) is 0 Å². The van der Waals surface area contributed by atoms with E-state index in [1.54, 1.807) is 11.8 Å². The van der Waals surface area contributed by atoms with Gasteiger partial charge in [-0.15, -0.1) is 11.8 Å². The molecule has 0 spiro atoms. The standard InChI is InChI=1S/C13H20O3S/c14-9-10-4-6-11(7-5-10)13(15)16-12-3-1-2-8-17-12/h9-12H,1-8H2/t10-,11-,12?. The third kappa shape index (κ3) is 3.73. The molecule has 2 rings (SSSR count). The van der Waals surface area contributed by atoms with Crippen LogP contribution in [-0.4, -0.2) is 23.4 Å². The second kappa shape index (κ2) is 6.43. The molecular formula is C13H20O3S. The van der Waals surface area contributed by atoms with Gasteiger partial charge in [0.05, 0.1) is 5.92 Å². The van der Waals surface area contributed by atoms with Gasteiger partial charge in [-0.05, 0) is 50.7 Å². The summed E-state index contributed by atoms with van der Waals surface area (Å²) in [6.45, 7) is 0. The monoisotopic (exact) mass is 256 g/mol. The molecule has 1 heterocycles. The van der Waals surface area contributed by atoms with Gasteiger partial charge in [0.2, 0.25) is 0 Å². The molecule has 0 radical (unpaired) electrons. The van der Waals surface area contributed by atoms with E-state index in [4.69, 9.17) is 4.74 Å². The highest BCUT2D eigenvalue weighted by Gasteiger charge is 2.29. The van der Waals surface area contributed by atoms with Crippen molar-refractivity contribution >= 4 is 24.0 Å². The summed E-state index contributed by atoms with van der Waals surface area (Å²) in [6, 6.07) is 0. The van der Waals surface area contributed by atoms with Gasteiger partial charge in [-0.25, -0.2) is 0 Å². The summed E-state index contributed by atoms with van der Waals surface area (Å²) in [5, 5.41) is 0. The van der Waals surface area contributed by atoms with Gasteiger partial charge in [0.1, 0.15) is 11.7 Å². The van der Waals surface area contributed by atoms with E-state index in [-0.39, 0.29) is 23.2 Å². The Kier molecular flexibility index (Phi) is 4.89. The Morgan fingerprint density at radius 1 is 1.12 bits per heavy atom. The van der Waals surface area contributed by atoms with Gasteiger partial charge in [-0.2, -0.15) is 0 Å². The van der Waals surface area contributed by atoms with E-state index in [0.717, 1.165) is 44.1 Å². The highest BCUT2D eigenvalue weighted by atomic mass is 32.2. The number of hydrogen-bond acceptors (Lipinski definition) is 4. The lowest BCUT2D eigenvalue weighted by molar-refractivity contribution is -0.152. The predicted molar refractivity (Wildman–Crippen MR) is 67.7 cm³/mol. The van der Waals surface area contributed by atoms with Crippen molar-refractivity contribution in [3.8, 4) is 0 Å². The third-order valence-corrected chi connectivity index (χ3v) is 4.91. The summed E-state index contributed by atoms with van der Waals surface area (Å²) in [5.41, 5.74) is 0.0834. The van der Waals surface area contributed by atoms with Gasteiger partial charge in [-0.3, -0.25) is 4.79 Å². The quantitative estimate of drug-likeness (QED) is 0.575. The Balaban J connectivity index is 1.74. The fourth-order valence-corrected chi connectivity index (χ4v) is 3.65. The van der Waals surface area contributed by atoms with Crippen molar-refractivity contribution in [1.29, 1.82) is 0 Å². The molecule has 4 heteroatoms. The summed E-state index contributed by atoms with van der Waals surface area (Å²) in [4.78, 5) is 22.6. The summed E-state index contributed by atoms with van der Waals surface area (Å²) in [7, 11) is 0. The van der Waals surface area contributed by atoms with Gasteiger partial charge in [0.25, 0.3) is 0 Å². The molecule has 0 N–H and O–H groups in total. The van der Waals surface area contributed by atoms with Crippen LogP contribution in [0.2, 0.25) is 0 Å². The van der Waals surface area contributed by atoms with Crippen LogP contribution in [0.25, 0.3) is 0 Å². The predicted octanol–water partition coefficient (Wildman–Crippen LogP) is 2.78. The van der Waals surface area contributed by atoms with Crippen LogP contribution >= 0.6 is 11.8 Å². The summed E-state index contributed by atoms with van der Waals surface area (Å²) >= 11 is 1.76. The second-order valence-corrected chi connectivity index (χ2v) is 6.25. The largest absolute Gasteiger partial charge is 0.451 e. The molecule has 0 aromatic rings. The number of ether oxygens (including phenoxy) is 1. The molecule has 0 bridgehead atoms. The molecular weight excluding hydrogens is 236 g/mol. The molecule has 1 aliphatic carbocycles. The smallest absolute Gasteiger partial charge is 0.310 e. The van der Waals surface area contributed by atoms with Crippen LogP contribution in [0.3, 0.4) is 0 Å². The number of esters is 1. The average molecular weight is 256 g/mol. The number of carbonyl (C=O) groups is 2. The Labute approximate surface area is 107 Å². The minimum Gasteiger partial charge on any atom is -0.451 e. The van der Waals surface area contributed by atoms with E-state index in [2.05, 4.69) is 0 Å². The van der Waals surface area contributed by atoms with Crippen LogP contribution in [0.5, 0.6) is 0 Å². The van der Waals surface area contributed by atoms with E-state index >= 15 is 0 Å². The zero-order valence-electron chi connectivity index (χ0n) is 10.1. The lowest BCUT2D eigenvalue weighted by atomic mass is 9.83. The second-order valence-electron chi connectivity index (χ2n) is 4.98. The maximum atomic E-state index is 11.9. The Bertz CT molecular complexity index is 266. The molecule has 96 valence electrons. The molecule has 17 heavy (non-hydrogen) atoms. The van der Waals surface area contributed by atoms with Crippen LogP contribution < -0.4 is 0 Å². The topological polar surface area (TPSA) is 43.4 Å². The van der Waals surface area contributed by atoms with Crippen LogP contribution in [-0.2, 0) is 14.3 Å². The van der Waals surface area contributed by atoms with Crippen molar-refractivity contribution in [3.63, 3.8) is 0 Å². The molecule has 0 aromatic carbocycles. The molecule has 0 amide bonds. The number of hydrogen-bond donors (Lipinski definition) is 0. The molecule has 0 aromatic heterocycles. The Morgan fingerprint density at radius 2 is 1.88 bits per heavy atom. The molecule has 3 nitrogen and oxygen atoms in total. The van der Waals surface area contributed by atoms with Crippen LogP contribution in [0, 0.1) is 11.8 Å². The Hall–Kier alpha value is -0.510. The van der Waals surface area contributed by atoms with Crippen molar-refractivity contribution in [1.82, 2.24) is 0 Å². The van der Waals surface area contributed by atoms with Gasteiger partial charge < -0.3 is 9.53 Å². The third-order valence-electron chi connectivity index (χ3n) is 3.68. The lowest BCUT2D eigenvalue weighted by Gasteiger charge is -2.27. The van der Waals surface area contributed by atoms with Crippen molar-refractivity contribution in [2.24, 2.45) is 11.8 Å². The molecule has 1 saturated heterocycles. The fraction of sp³-hybridized carbons (Fsp3) is 0.846. The zero-order chi connectivity index (χ0) is 12.1. The van der Waals surface area contributed by atoms with Crippen molar-refractivity contribution in [2.75, 3.05) is 5.75 Å². The van der Waals surface area contributed by atoms with Gasteiger partial charge >= 0.3 is 5.97 Å². The number of carbonyl (C=O) groups excluding carboxylic acids is 2. The van der Waals surface area contributed by atoms with Crippen LogP contribution in [0.15, 0.2) is 0 Å². The molecule has 1 saturated carbocycles. The van der Waals surface area contributed by atoms with Crippen molar-refractivity contribution in [3.05, 3.63) is 0 Å². The highest BCUT2D eigenvalue weighted by Crippen LogP contribution is 2.31. The number of thioether (sulfide) groups is 1. The first-order valence-corrected chi connectivity index (χ1v) is 7.62. The molecule has 1 aliphatic heterocycles. The average Bonchev–Trinajstić information content (AvgIpc) is 2.40. The normalized spacial score (nSPS) is 34.0. The number of aldehydes is 1. The lowest BCUT2D eigenvalue weighted by Crippen LogP contribution is -2.27. The maximum Gasteiger partial charge on any atom is 0.310 e. The van der Waals surface area contributed by atoms with E-state index < -0.39 is 0 Å². The molecule has 2 aliphatic rings. The van der Waals surface area contributed by atoms with E-state index in [9.17, 15) is 9.59 Å². The van der Waals surface area contributed by atoms with Gasteiger partial charge in [0, 0.05) is 5.92 Å². The first-order valence-electron chi connectivity index (χ1n) is 6.57. The highest BCUT2D eigenvalue weighted by molar-refractivity contribution is 7.99. The van der Waals surface area contributed by atoms with Crippen LogP contribution in [0.1, 0.15) is 44.9 Å². The van der Waals surface area contributed by atoms with Gasteiger partial charge in [0.15, 0.2) is 0 Å². The number of rotatable bonds is 3. The van der Waals surface area contributed by atoms with E-state index in [1.807, 2.05) is 0 Å². The first-order chi connectivity index (χ1) is 8.29. The Morgan fingerprint density at radius 3 is 2.47 bits per heavy atom. The minimum atomic E-state index is -0.0336.